The van der Waals surface area contributed by atoms with Gasteiger partial charge in [0.15, 0.2) is 0 Å². The van der Waals surface area contributed by atoms with Crippen LogP contribution in [-0.4, -0.2) is 12.6 Å². The number of nitrogens with two attached hydrogens (primary N) is 2. The Morgan fingerprint density at radius 2 is 2.00 bits per heavy atom. The molecular formula is C7H14N2. The number of allylic oxidation sites excluding steroid dienone is 1. The summed E-state index contributed by atoms with van der Waals surface area (Å²) in [5.74, 6) is 0.523. The Morgan fingerprint density at radius 1 is 1.33 bits per heavy atom. The fourth-order valence-electron chi connectivity index (χ4n) is 1.16. The molecule has 0 amide bonds. The average Bonchev–Trinajstić information content (AvgIpc) is 1.89. The van der Waals surface area contributed by atoms with Gasteiger partial charge in [0.1, 0.15) is 0 Å². The van der Waals surface area contributed by atoms with Crippen LogP contribution in [0.15, 0.2) is 12.2 Å². The molecule has 0 saturated carbocycles. The van der Waals surface area contributed by atoms with Crippen LogP contribution in [-0.2, 0) is 0 Å². The highest BCUT2D eigenvalue weighted by Crippen LogP contribution is 2.15. The average molecular weight is 126 g/mol. The van der Waals surface area contributed by atoms with Gasteiger partial charge in [-0.15, -0.1) is 0 Å². The lowest BCUT2D eigenvalue weighted by Gasteiger charge is -2.22. The van der Waals surface area contributed by atoms with Crippen molar-refractivity contribution in [2.75, 3.05) is 6.54 Å². The third-order valence-electron chi connectivity index (χ3n) is 1.92. The monoisotopic (exact) mass is 126 g/mol. The normalized spacial score (nSPS) is 34.9. The van der Waals surface area contributed by atoms with Crippen LogP contribution in [0.5, 0.6) is 0 Å². The Labute approximate surface area is 55.9 Å². The van der Waals surface area contributed by atoms with E-state index in [1.807, 2.05) is 0 Å². The van der Waals surface area contributed by atoms with E-state index in [2.05, 4.69) is 12.2 Å². The van der Waals surface area contributed by atoms with Crippen molar-refractivity contribution in [2.24, 2.45) is 17.4 Å². The van der Waals surface area contributed by atoms with Crippen LogP contribution in [0.4, 0.5) is 0 Å². The van der Waals surface area contributed by atoms with Gasteiger partial charge in [0.25, 0.3) is 0 Å². The second kappa shape index (κ2) is 2.99. The summed E-state index contributed by atoms with van der Waals surface area (Å²) in [6.45, 7) is 0.728. The molecule has 0 bridgehead atoms. The van der Waals surface area contributed by atoms with Crippen molar-refractivity contribution in [1.82, 2.24) is 0 Å². The summed E-state index contributed by atoms with van der Waals surface area (Å²) in [6.07, 6.45) is 6.37. The van der Waals surface area contributed by atoms with Crippen LogP contribution in [0.2, 0.25) is 0 Å². The molecule has 0 aromatic heterocycles. The highest BCUT2D eigenvalue weighted by Gasteiger charge is 2.15. The van der Waals surface area contributed by atoms with E-state index in [1.165, 1.54) is 0 Å². The van der Waals surface area contributed by atoms with Gasteiger partial charge in [0, 0.05) is 6.04 Å². The number of rotatable bonds is 1. The third-order valence-corrected chi connectivity index (χ3v) is 1.92. The molecule has 1 rings (SSSR count). The lowest BCUT2D eigenvalue weighted by atomic mass is 9.90. The quantitative estimate of drug-likeness (QED) is 0.494. The summed E-state index contributed by atoms with van der Waals surface area (Å²) in [6, 6.07) is 0.306. The van der Waals surface area contributed by atoms with E-state index in [-0.39, 0.29) is 0 Å². The summed E-state index contributed by atoms with van der Waals surface area (Å²) >= 11 is 0. The van der Waals surface area contributed by atoms with Crippen molar-refractivity contribution in [1.29, 1.82) is 0 Å². The molecule has 0 aliphatic heterocycles. The molecule has 0 fully saturated rings. The molecule has 2 atom stereocenters. The molecule has 0 saturated heterocycles. The van der Waals surface area contributed by atoms with E-state index in [4.69, 9.17) is 11.5 Å². The van der Waals surface area contributed by atoms with Crippen LogP contribution in [0, 0.1) is 5.92 Å². The molecule has 0 aromatic carbocycles. The first-order valence-electron chi connectivity index (χ1n) is 3.45. The lowest BCUT2D eigenvalue weighted by Crippen LogP contribution is -2.35. The van der Waals surface area contributed by atoms with Gasteiger partial charge in [0.2, 0.25) is 0 Å². The predicted molar refractivity (Wildman–Crippen MR) is 38.9 cm³/mol. The topological polar surface area (TPSA) is 52.0 Å². The second-order valence-corrected chi connectivity index (χ2v) is 2.60. The van der Waals surface area contributed by atoms with Gasteiger partial charge in [-0.05, 0) is 25.3 Å². The van der Waals surface area contributed by atoms with E-state index in [9.17, 15) is 0 Å². The minimum absolute atomic E-state index is 0.306. The van der Waals surface area contributed by atoms with Crippen LogP contribution in [0.25, 0.3) is 0 Å². The first-order valence-corrected chi connectivity index (χ1v) is 3.45. The van der Waals surface area contributed by atoms with Crippen LogP contribution in [0.1, 0.15) is 12.8 Å². The van der Waals surface area contributed by atoms with Crippen molar-refractivity contribution in [3.63, 3.8) is 0 Å². The molecule has 1 aliphatic carbocycles. The molecule has 2 nitrogen and oxygen atoms in total. The van der Waals surface area contributed by atoms with Crippen molar-refractivity contribution in [2.45, 2.75) is 18.9 Å². The summed E-state index contributed by atoms with van der Waals surface area (Å²) in [5.41, 5.74) is 11.2. The molecular weight excluding hydrogens is 112 g/mol. The van der Waals surface area contributed by atoms with Gasteiger partial charge in [-0.3, -0.25) is 0 Å². The molecule has 0 radical (unpaired) electrons. The first-order chi connectivity index (χ1) is 4.34. The summed E-state index contributed by atoms with van der Waals surface area (Å²) in [5, 5.41) is 0. The SMILES string of the molecule is NC[C@H]1CC=CC[C@@H]1N. The summed E-state index contributed by atoms with van der Waals surface area (Å²) in [4.78, 5) is 0. The number of hydrogen-bond acceptors (Lipinski definition) is 2. The molecule has 1 aliphatic rings. The second-order valence-electron chi connectivity index (χ2n) is 2.60. The van der Waals surface area contributed by atoms with Gasteiger partial charge in [-0.25, -0.2) is 0 Å². The fourth-order valence-corrected chi connectivity index (χ4v) is 1.16. The highest BCUT2D eigenvalue weighted by atomic mass is 14.7. The Morgan fingerprint density at radius 3 is 2.44 bits per heavy atom. The highest BCUT2D eigenvalue weighted by molar-refractivity contribution is 4.96. The minimum Gasteiger partial charge on any atom is -0.330 e. The third kappa shape index (κ3) is 1.53. The van der Waals surface area contributed by atoms with E-state index >= 15 is 0 Å². The predicted octanol–water partition coefficient (Wildman–Crippen LogP) is 0.239. The Bertz CT molecular complexity index is 109. The smallest absolute Gasteiger partial charge is 0.0117 e. The zero-order chi connectivity index (χ0) is 6.69. The van der Waals surface area contributed by atoms with Crippen LogP contribution >= 0.6 is 0 Å². The van der Waals surface area contributed by atoms with Crippen LogP contribution < -0.4 is 11.5 Å². The maximum absolute atomic E-state index is 5.76. The molecule has 4 N–H and O–H groups in total. The molecule has 0 aromatic rings. The van der Waals surface area contributed by atoms with E-state index in [1.54, 1.807) is 0 Å². The maximum Gasteiger partial charge on any atom is 0.0117 e. The first kappa shape index (κ1) is 6.78. The van der Waals surface area contributed by atoms with Gasteiger partial charge < -0.3 is 11.5 Å². The molecule has 2 heteroatoms. The summed E-state index contributed by atoms with van der Waals surface area (Å²) in [7, 11) is 0. The van der Waals surface area contributed by atoms with Crippen molar-refractivity contribution in [3.8, 4) is 0 Å². The lowest BCUT2D eigenvalue weighted by molar-refractivity contribution is 0.420. The zero-order valence-corrected chi connectivity index (χ0v) is 5.59. The van der Waals surface area contributed by atoms with Gasteiger partial charge in [0.05, 0.1) is 0 Å². The zero-order valence-electron chi connectivity index (χ0n) is 5.59. The fraction of sp³-hybridized carbons (Fsp3) is 0.714. The van der Waals surface area contributed by atoms with Crippen molar-refractivity contribution in [3.05, 3.63) is 12.2 Å². The van der Waals surface area contributed by atoms with Crippen molar-refractivity contribution >= 4 is 0 Å². The van der Waals surface area contributed by atoms with E-state index in [0.29, 0.717) is 12.0 Å². The molecule has 0 spiro atoms. The molecule has 52 valence electrons. The molecule has 0 unspecified atom stereocenters. The van der Waals surface area contributed by atoms with Gasteiger partial charge in [-0.2, -0.15) is 0 Å². The Hall–Kier alpha value is -0.340. The van der Waals surface area contributed by atoms with Gasteiger partial charge >= 0.3 is 0 Å². The van der Waals surface area contributed by atoms with Gasteiger partial charge in [-0.1, -0.05) is 12.2 Å². The standard InChI is InChI=1S/C7H14N2/c8-5-6-3-1-2-4-7(6)9/h1-2,6-7H,3-5,8-9H2/t6-,7+/m1/s1. The maximum atomic E-state index is 5.76. The van der Waals surface area contributed by atoms with Crippen LogP contribution in [0.3, 0.4) is 0 Å². The Balaban J connectivity index is 2.43. The van der Waals surface area contributed by atoms with E-state index < -0.39 is 0 Å². The minimum atomic E-state index is 0.306. The molecule has 9 heavy (non-hydrogen) atoms. The molecule has 0 heterocycles. The largest absolute Gasteiger partial charge is 0.330 e. The number of hydrogen-bond donors (Lipinski definition) is 2. The van der Waals surface area contributed by atoms with Crippen molar-refractivity contribution < 1.29 is 0 Å². The van der Waals surface area contributed by atoms with E-state index in [0.717, 1.165) is 19.4 Å². The summed E-state index contributed by atoms with van der Waals surface area (Å²) < 4.78 is 0. The Kier molecular flexibility index (Phi) is 2.25.